The van der Waals surface area contributed by atoms with Crippen LogP contribution in [-0.4, -0.2) is 207 Å². The number of rotatable bonds is 47. The number of ether oxygens (including phenoxy) is 2. The molecule has 0 unspecified atom stereocenters. The van der Waals surface area contributed by atoms with E-state index in [4.69, 9.17) is 55.3 Å². The minimum atomic E-state index is -4.48. The van der Waals surface area contributed by atoms with Crippen molar-refractivity contribution in [2.45, 2.75) is 70.9 Å². The first-order chi connectivity index (χ1) is 55.7. The molecule has 0 aliphatic heterocycles. The third kappa shape index (κ3) is 25.2. The standard InChI is InChI=1S/C70H82N24O20S4/c1-113-63(103)53-39-45(83-69-87-65(79-41-7-3-11-47(35-41)115(105,106)91(27-19-55(71)95)28-20-56(72)96)85-66(88-69)80-42-8-4-12-48(36-42)116(107,108)92(29-21-57(73)97)30-22-58(74)98)15-17-51(53)52-18-16-46(40-54(52)64(104)114-2)84-70-89-67(81-43-9-5-13-49(37-43)117(109,110)93(31-23-59(75)99)32-24-60(76)100)86-68(90-70)82-44-10-6-14-50(38-44)118(111,112)94(33-25-61(77)101)34-26-62(78)102/h3-18,35-40H,19-34H2,1-2H3,(H2,71,95)(H2,72,96)(H2,73,97)(H2,74,98)(H2,75,99)(H2,76,100)(H2,77,101)(H2,78,102)(H3,79,80,83,85,87,88)(H3,81,82,84,86,89,90). The fourth-order valence-electron chi connectivity index (χ4n) is 11.0. The minimum absolute atomic E-state index is 0.0326. The Morgan fingerprint density at radius 1 is 0.280 bits per heavy atom. The van der Waals surface area contributed by atoms with E-state index in [1.54, 1.807) is 0 Å². The number of benzene rings is 6. The van der Waals surface area contributed by atoms with E-state index in [-0.39, 0.29) is 112 Å². The van der Waals surface area contributed by atoms with Gasteiger partial charge in [0.1, 0.15) is 0 Å². The number of anilines is 12. The lowest BCUT2D eigenvalue weighted by molar-refractivity contribution is -0.119. The molecule has 8 amide bonds. The van der Waals surface area contributed by atoms with Crippen molar-refractivity contribution in [2.75, 3.05) is 98.5 Å². The average Bonchev–Trinajstić information content (AvgIpc) is 0.787. The van der Waals surface area contributed by atoms with Gasteiger partial charge in [0, 0.05) is 138 Å². The lowest BCUT2D eigenvalue weighted by atomic mass is 9.94. The fraction of sp³-hybridized carbons (Fsp3) is 0.257. The molecule has 0 saturated heterocycles. The number of methoxy groups -OCH3 is 2. The van der Waals surface area contributed by atoms with Crippen LogP contribution in [0.1, 0.15) is 72.1 Å². The topological polar surface area (TPSA) is 696 Å². The van der Waals surface area contributed by atoms with Gasteiger partial charge >= 0.3 is 11.9 Å². The fourth-order valence-corrected chi connectivity index (χ4v) is 16.9. The predicted molar refractivity (Wildman–Crippen MR) is 425 cm³/mol. The summed E-state index contributed by atoms with van der Waals surface area (Å²) >= 11 is 0. The molecule has 8 rings (SSSR count). The Morgan fingerprint density at radius 2 is 0.458 bits per heavy atom. The van der Waals surface area contributed by atoms with Gasteiger partial charge < -0.3 is 87.2 Å². The van der Waals surface area contributed by atoms with E-state index in [2.05, 4.69) is 61.8 Å². The van der Waals surface area contributed by atoms with E-state index in [0.717, 1.165) is 31.4 Å². The summed E-state index contributed by atoms with van der Waals surface area (Å²) in [7, 11) is -15.8. The molecule has 6 aromatic carbocycles. The third-order valence-corrected chi connectivity index (χ3v) is 24.3. The summed E-state index contributed by atoms with van der Waals surface area (Å²) in [6, 6.07) is 29.1. The number of nitrogens with one attached hydrogen (secondary N) is 6. The number of amides is 8. The number of esters is 2. The van der Waals surface area contributed by atoms with Gasteiger partial charge in [0.05, 0.1) is 44.9 Å². The molecule has 48 heteroatoms. The molecule has 0 spiro atoms. The molecule has 44 nitrogen and oxygen atoms in total. The number of carbonyl (C=O) groups excluding carboxylic acids is 10. The highest BCUT2D eigenvalue weighted by Crippen LogP contribution is 2.36. The number of carbonyl (C=O) groups is 10. The van der Waals surface area contributed by atoms with Crippen LogP contribution >= 0.6 is 0 Å². The zero-order valence-electron chi connectivity index (χ0n) is 62.9. The SMILES string of the molecule is COC(=O)c1cc(Nc2nc(Nc3cccc(S(=O)(=O)N(CCC(N)=O)CCC(N)=O)c3)nc(Nc3cccc(S(=O)(=O)N(CCC(N)=O)CCC(N)=O)c3)n2)ccc1-c1ccc(Nc2nc(Nc3cccc(S(=O)(=O)N(CCC(N)=O)CCC(N)=O)c3)nc(Nc3cccc(S(=O)(=O)N(CCC(N)=O)CCC(N)=O)c3)n2)cc1C(=O)OC. The Hall–Kier alpha value is -13.5. The van der Waals surface area contributed by atoms with Gasteiger partial charge in [-0.25, -0.2) is 43.3 Å². The lowest BCUT2D eigenvalue weighted by Gasteiger charge is -2.21. The van der Waals surface area contributed by atoms with Crippen LogP contribution < -0.4 is 77.8 Å². The van der Waals surface area contributed by atoms with E-state index < -0.39 is 203 Å². The van der Waals surface area contributed by atoms with Gasteiger partial charge in [0.2, 0.25) is 123 Å². The van der Waals surface area contributed by atoms with E-state index in [0.29, 0.717) is 0 Å². The van der Waals surface area contributed by atoms with Crippen molar-refractivity contribution in [1.82, 2.24) is 47.1 Å². The van der Waals surface area contributed by atoms with Crippen molar-refractivity contribution < 1.29 is 91.1 Å². The van der Waals surface area contributed by atoms with E-state index in [1.807, 2.05) is 0 Å². The second-order valence-electron chi connectivity index (χ2n) is 25.3. The molecule has 0 radical (unpaired) electrons. The monoisotopic (exact) mass is 1710 g/mol. The largest absolute Gasteiger partial charge is 0.465 e. The maximum Gasteiger partial charge on any atom is 0.338 e. The predicted octanol–water partition coefficient (Wildman–Crippen LogP) is 0.724. The van der Waals surface area contributed by atoms with Crippen LogP contribution in [-0.2, 0) is 87.9 Å². The van der Waals surface area contributed by atoms with Crippen molar-refractivity contribution in [3.8, 4) is 11.1 Å². The maximum atomic E-state index is 14.1. The van der Waals surface area contributed by atoms with Crippen LogP contribution in [0.3, 0.4) is 0 Å². The van der Waals surface area contributed by atoms with Crippen LogP contribution in [0, 0.1) is 0 Å². The first-order valence-corrected chi connectivity index (χ1v) is 40.8. The van der Waals surface area contributed by atoms with Gasteiger partial charge in [-0.05, 0) is 108 Å². The van der Waals surface area contributed by atoms with Gasteiger partial charge in [0.25, 0.3) is 0 Å². The molecule has 0 aliphatic carbocycles. The Morgan fingerprint density at radius 3 is 0.627 bits per heavy atom. The molecule has 8 aromatic rings. The van der Waals surface area contributed by atoms with Crippen molar-refractivity contribution in [2.24, 2.45) is 45.9 Å². The Kier molecular flexibility index (Phi) is 30.6. The van der Waals surface area contributed by atoms with E-state index >= 15 is 0 Å². The number of aromatic nitrogens is 6. The number of nitrogens with two attached hydrogens (primary N) is 8. The molecule has 0 fully saturated rings. The molecular weight excluding hydrogens is 1630 g/mol. The Balaban J connectivity index is 1.19. The van der Waals surface area contributed by atoms with Gasteiger partial charge in [-0.3, -0.25) is 38.4 Å². The van der Waals surface area contributed by atoms with Crippen LogP contribution in [0.4, 0.5) is 69.8 Å². The summed E-state index contributed by atoms with van der Waals surface area (Å²) in [5, 5.41) is 17.6. The van der Waals surface area contributed by atoms with E-state index in [1.165, 1.54) is 133 Å². The molecule has 0 atom stereocenters. The first-order valence-electron chi connectivity index (χ1n) is 35.0. The molecule has 626 valence electrons. The average molecular weight is 1710 g/mol. The second kappa shape index (κ2) is 40.2. The number of sulfonamides is 4. The smallest absolute Gasteiger partial charge is 0.338 e. The first kappa shape index (κ1) is 90.0. The lowest BCUT2D eigenvalue weighted by Crippen LogP contribution is -2.36. The van der Waals surface area contributed by atoms with Gasteiger partial charge in [-0.15, -0.1) is 0 Å². The van der Waals surface area contributed by atoms with Crippen LogP contribution in [0.15, 0.2) is 153 Å². The number of nitrogens with zero attached hydrogens (tertiary/aromatic N) is 10. The highest BCUT2D eigenvalue weighted by atomic mass is 32.2. The van der Waals surface area contributed by atoms with Crippen molar-refractivity contribution in [3.63, 3.8) is 0 Å². The van der Waals surface area contributed by atoms with E-state index in [9.17, 15) is 81.6 Å². The zero-order chi connectivity index (χ0) is 86.4. The van der Waals surface area contributed by atoms with Crippen molar-refractivity contribution in [3.05, 3.63) is 145 Å². The Bertz CT molecular complexity index is 4970. The minimum Gasteiger partial charge on any atom is -0.465 e. The second-order valence-corrected chi connectivity index (χ2v) is 33.1. The quantitative estimate of drug-likeness (QED) is 0.0234. The number of primary amides is 8. The highest BCUT2D eigenvalue weighted by Gasteiger charge is 2.32. The summed E-state index contributed by atoms with van der Waals surface area (Å²) in [6.07, 6.45) is -3.29. The highest BCUT2D eigenvalue weighted by molar-refractivity contribution is 7.90. The van der Waals surface area contributed by atoms with Gasteiger partial charge in [-0.2, -0.15) is 47.1 Å². The molecule has 0 bridgehead atoms. The summed E-state index contributed by atoms with van der Waals surface area (Å²) in [5.74, 6) is -10.5. The van der Waals surface area contributed by atoms with Crippen LogP contribution in [0.2, 0.25) is 0 Å². The molecule has 2 heterocycles. The molecule has 2 aromatic heterocycles. The Labute approximate surface area is 674 Å². The summed E-state index contributed by atoms with van der Waals surface area (Å²) in [4.78, 5) is 148. The molecule has 22 N–H and O–H groups in total. The molecule has 118 heavy (non-hydrogen) atoms. The third-order valence-electron chi connectivity index (χ3n) is 16.7. The summed E-state index contributed by atoms with van der Waals surface area (Å²) < 4.78 is 127. The van der Waals surface area contributed by atoms with Gasteiger partial charge in [0.15, 0.2) is 0 Å². The zero-order valence-corrected chi connectivity index (χ0v) is 66.2. The molecular formula is C70H82N24O20S4. The van der Waals surface area contributed by atoms with Crippen LogP contribution in [0.5, 0.6) is 0 Å². The number of hydrogen-bond acceptors (Lipinski definition) is 32. The van der Waals surface area contributed by atoms with Crippen LogP contribution in [0.25, 0.3) is 11.1 Å². The summed E-state index contributed by atoms with van der Waals surface area (Å²) in [5.41, 5.74) is 42.7. The number of hydrogen-bond donors (Lipinski definition) is 14. The maximum absolute atomic E-state index is 14.1. The van der Waals surface area contributed by atoms with Crippen molar-refractivity contribution >= 4 is 169 Å². The summed E-state index contributed by atoms with van der Waals surface area (Å²) in [6.45, 7) is -3.30. The normalized spacial score (nSPS) is 11.7. The van der Waals surface area contributed by atoms with Crippen molar-refractivity contribution in [1.29, 1.82) is 0 Å². The van der Waals surface area contributed by atoms with Gasteiger partial charge in [-0.1, -0.05) is 36.4 Å². The molecule has 0 aliphatic rings. The molecule has 0 saturated carbocycles.